The van der Waals surface area contributed by atoms with Crippen molar-refractivity contribution in [1.29, 1.82) is 0 Å². The molecule has 0 amide bonds. The summed E-state index contributed by atoms with van der Waals surface area (Å²) in [7, 11) is 2.26. The molecule has 1 N–H and O–H groups in total. The lowest BCUT2D eigenvalue weighted by molar-refractivity contribution is -0.192. The first-order chi connectivity index (χ1) is 14.1. The van der Waals surface area contributed by atoms with E-state index >= 15 is 0 Å². The third-order valence-corrected chi connectivity index (χ3v) is 5.82. The van der Waals surface area contributed by atoms with E-state index in [-0.39, 0.29) is 0 Å². The Hall–Kier alpha value is -2.68. The van der Waals surface area contributed by atoms with Crippen LogP contribution in [0.15, 0.2) is 42.7 Å². The van der Waals surface area contributed by atoms with Gasteiger partial charge in [-0.05, 0) is 38.1 Å². The van der Waals surface area contributed by atoms with E-state index in [2.05, 4.69) is 64.9 Å². The number of aliphatic carboxylic acids is 1. The van der Waals surface area contributed by atoms with Gasteiger partial charge in [0.2, 0.25) is 5.95 Å². The van der Waals surface area contributed by atoms with E-state index < -0.39 is 12.1 Å². The highest BCUT2D eigenvalue weighted by atomic mass is 19.4. The Morgan fingerprint density at radius 3 is 2.23 bits per heavy atom. The molecule has 0 spiro atoms. The van der Waals surface area contributed by atoms with Crippen molar-refractivity contribution in [1.82, 2.24) is 14.9 Å². The fourth-order valence-corrected chi connectivity index (χ4v) is 4.29. The molecule has 2 aromatic rings. The fraction of sp³-hybridized carbons (Fsp3) is 0.476. The van der Waals surface area contributed by atoms with E-state index in [0.717, 1.165) is 19.0 Å². The summed E-state index contributed by atoms with van der Waals surface area (Å²) in [4.78, 5) is 22.7. The Kier molecular flexibility index (Phi) is 6.30. The van der Waals surface area contributed by atoms with Crippen molar-refractivity contribution < 1.29 is 23.1 Å². The molecule has 0 bridgehead atoms. The number of alkyl halides is 3. The van der Waals surface area contributed by atoms with Gasteiger partial charge in [-0.2, -0.15) is 13.2 Å². The number of anilines is 1. The summed E-state index contributed by atoms with van der Waals surface area (Å²) in [6.07, 6.45) is -1.41. The number of carboxylic acid groups (broad SMARTS) is 1. The van der Waals surface area contributed by atoms with Crippen LogP contribution < -0.4 is 4.90 Å². The van der Waals surface area contributed by atoms with Crippen molar-refractivity contribution in [2.75, 3.05) is 25.0 Å². The Bertz CT molecular complexity index is 876. The molecular weight excluding hydrogens is 397 g/mol. The lowest BCUT2D eigenvalue weighted by atomic mass is 9.93. The summed E-state index contributed by atoms with van der Waals surface area (Å²) in [5.41, 5.74) is 3.04. The van der Waals surface area contributed by atoms with Crippen LogP contribution in [0.2, 0.25) is 0 Å². The third-order valence-electron chi connectivity index (χ3n) is 5.82. The van der Waals surface area contributed by atoms with E-state index in [1.54, 1.807) is 0 Å². The average molecular weight is 422 g/mol. The largest absolute Gasteiger partial charge is 0.490 e. The third kappa shape index (κ3) is 4.40. The standard InChI is InChI=1S/C19H24N4.C2HF3O2/c1-13(2)22(3)18-15-8-5-4-7-14(15)16-11-23(12-17(16)18)19-20-9-6-10-21-19;3-2(4,5)1(6)7/h4-10,13,16-18H,11-12H2,1-3H3;(H,6,7)/t16-,17-,18-;/m0./s1. The summed E-state index contributed by atoms with van der Waals surface area (Å²) in [5, 5.41) is 7.12. The number of carboxylic acids is 1. The summed E-state index contributed by atoms with van der Waals surface area (Å²) >= 11 is 0. The second-order valence-corrected chi connectivity index (χ2v) is 7.86. The molecule has 9 heteroatoms. The second-order valence-electron chi connectivity index (χ2n) is 7.86. The van der Waals surface area contributed by atoms with Crippen LogP contribution in [-0.4, -0.2) is 58.3 Å². The molecule has 3 atom stereocenters. The first kappa shape index (κ1) is 22.0. The Morgan fingerprint density at radius 2 is 1.70 bits per heavy atom. The number of carbonyl (C=O) groups is 1. The normalized spacial score (nSPS) is 22.5. The van der Waals surface area contributed by atoms with Crippen LogP contribution in [0, 0.1) is 5.92 Å². The smallest absolute Gasteiger partial charge is 0.475 e. The minimum Gasteiger partial charge on any atom is -0.475 e. The number of hydrogen-bond donors (Lipinski definition) is 1. The van der Waals surface area contributed by atoms with Crippen molar-refractivity contribution in [3.8, 4) is 0 Å². The molecule has 1 aromatic heterocycles. The van der Waals surface area contributed by atoms with Gasteiger partial charge in [-0.1, -0.05) is 24.3 Å². The molecule has 1 aromatic carbocycles. The van der Waals surface area contributed by atoms with E-state index in [1.165, 1.54) is 11.1 Å². The number of rotatable bonds is 3. The molecule has 1 saturated heterocycles. The van der Waals surface area contributed by atoms with E-state index in [9.17, 15) is 13.2 Å². The molecule has 1 aliphatic carbocycles. The maximum absolute atomic E-state index is 10.6. The van der Waals surface area contributed by atoms with Crippen molar-refractivity contribution in [3.63, 3.8) is 0 Å². The summed E-state index contributed by atoms with van der Waals surface area (Å²) in [6, 6.07) is 11.9. The van der Waals surface area contributed by atoms with Crippen LogP contribution in [-0.2, 0) is 4.79 Å². The van der Waals surface area contributed by atoms with E-state index in [0.29, 0.717) is 23.9 Å². The highest BCUT2D eigenvalue weighted by Crippen LogP contribution is 2.52. The lowest BCUT2D eigenvalue weighted by Gasteiger charge is -2.33. The number of hydrogen-bond acceptors (Lipinski definition) is 5. The topological polar surface area (TPSA) is 69.6 Å². The zero-order valence-electron chi connectivity index (χ0n) is 17.0. The van der Waals surface area contributed by atoms with Crippen LogP contribution in [0.25, 0.3) is 0 Å². The van der Waals surface area contributed by atoms with Crippen LogP contribution >= 0.6 is 0 Å². The molecule has 2 aliphatic rings. The number of nitrogens with zero attached hydrogens (tertiary/aromatic N) is 4. The van der Waals surface area contributed by atoms with Gasteiger partial charge in [-0.15, -0.1) is 0 Å². The maximum Gasteiger partial charge on any atom is 0.490 e. The Morgan fingerprint density at radius 1 is 1.13 bits per heavy atom. The van der Waals surface area contributed by atoms with Gasteiger partial charge < -0.3 is 10.0 Å². The molecular formula is C21H25F3N4O2. The number of halogens is 3. The van der Waals surface area contributed by atoms with Crippen molar-refractivity contribution in [3.05, 3.63) is 53.9 Å². The van der Waals surface area contributed by atoms with Gasteiger partial charge in [0.25, 0.3) is 0 Å². The summed E-state index contributed by atoms with van der Waals surface area (Å²) in [5.74, 6) is -0.692. The molecule has 30 heavy (non-hydrogen) atoms. The van der Waals surface area contributed by atoms with Gasteiger partial charge in [-0.3, -0.25) is 4.90 Å². The highest BCUT2D eigenvalue weighted by Gasteiger charge is 2.48. The quantitative estimate of drug-likeness (QED) is 0.813. The number of benzene rings is 1. The zero-order valence-corrected chi connectivity index (χ0v) is 17.0. The molecule has 6 nitrogen and oxygen atoms in total. The van der Waals surface area contributed by atoms with Crippen LogP contribution in [0.3, 0.4) is 0 Å². The first-order valence-electron chi connectivity index (χ1n) is 9.74. The predicted octanol–water partition coefficient (Wildman–Crippen LogP) is 3.72. The summed E-state index contributed by atoms with van der Waals surface area (Å²) < 4.78 is 31.7. The van der Waals surface area contributed by atoms with Crippen molar-refractivity contribution in [2.45, 2.75) is 38.0 Å². The van der Waals surface area contributed by atoms with Crippen LogP contribution in [0.4, 0.5) is 19.1 Å². The van der Waals surface area contributed by atoms with Gasteiger partial charge in [-0.25, -0.2) is 14.8 Å². The molecule has 1 aliphatic heterocycles. The van der Waals surface area contributed by atoms with Crippen LogP contribution in [0.1, 0.15) is 36.9 Å². The van der Waals surface area contributed by atoms with E-state index in [4.69, 9.17) is 9.90 Å². The molecule has 0 saturated carbocycles. The molecule has 162 valence electrons. The zero-order chi connectivity index (χ0) is 22.1. The van der Waals surface area contributed by atoms with Crippen molar-refractivity contribution >= 4 is 11.9 Å². The lowest BCUT2D eigenvalue weighted by Crippen LogP contribution is -2.35. The van der Waals surface area contributed by atoms with Gasteiger partial charge in [0.15, 0.2) is 0 Å². The highest BCUT2D eigenvalue weighted by molar-refractivity contribution is 5.73. The van der Waals surface area contributed by atoms with Gasteiger partial charge in [0.05, 0.1) is 0 Å². The first-order valence-corrected chi connectivity index (χ1v) is 9.74. The van der Waals surface area contributed by atoms with Gasteiger partial charge in [0, 0.05) is 49.4 Å². The van der Waals surface area contributed by atoms with Gasteiger partial charge >= 0.3 is 12.1 Å². The Labute approximate surface area is 173 Å². The SMILES string of the molecule is CC(C)N(C)[C@H]1c2ccccc2[C@@H]2CN(c3ncccn3)C[C@@H]21.O=C(O)C(F)(F)F. The number of aromatic nitrogens is 2. The molecule has 0 unspecified atom stereocenters. The van der Waals surface area contributed by atoms with Crippen LogP contribution in [0.5, 0.6) is 0 Å². The minimum absolute atomic E-state index is 0.491. The maximum atomic E-state index is 10.6. The molecule has 1 fully saturated rings. The number of fused-ring (bicyclic) bond motifs is 3. The van der Waals surface area contributed by atoms with Crippen molar-refractivity contribution in [2.24, 2.45) is 5.92 Å². The second kappa shape index (κ2) is 8.59. The average Bonchev–Trinajstić information content (AvgIpc) is 3.25. The molecule has 4 rings (SSSR count). The molecule has 0 radical (unpaired) electrons. The predicted molar refractivity (Wildman–Crippen MR) is 106 cm³/mol. The monoisotopic (exact) mass is 422 g/mol. The summed E-state index contributed by atoms with van der Waals surface area (Å²) in [6.45, 7) is 6.62. The fourth-order valence-electron chi connectivity index (χ4n) is 4.29. The van der Waals surface area contributed by atoms with Gasteiger partial charge in [0.1, 0.15) is 0 Å². The minimum atomic E-state index is -5.08. The Balaban J connectivity index is 0.000000318. The van der Waals surface area contributed by atoms with E-state index in [1.807, 2.05) is 18.5 Å². The molecule has 2 heterocycles.